The van der Waals surface area contributed by atoms with Crippen molar-refractivity contribution in [3.05, 3.63) is 0 Å². The van der Waals surface area contributed by atoms with Gasteiger partial charge in [-0.25, -0.2) is 0 Å². The number of piperidine rings is 2. The zero-order valence-electron chi connectivity index (χ0n) is 23.1. The van der Waals surface area contributed by atoms with Crippen molar-refractivity contribution in [2.75, 3.05) is 66.0 Å². The molecule has 1 saturated carbocycles. The predicted octanol–water partition coefficient (Wildman–Crippen LogP) is 5.04. The lowest BCUT2D eigenvalue weighted by molar-refractivity contribution is 0.0914. The van der Waals surface area contributed by atoms with Gasteiger partial charge in [0.1, 0.15) is 0 Å². The molecule has 3 fully saturated rings. The average Bonchev–Trinajstić information content (AvgIpc) is 3.54. The summed E-state index contributed by atoms with van der Waals surface area (Å²) >= 11 is 0. The second-order valence-corrected chi connectivity index (χ2v) is 13.8. The fourth-order valence-corrected chi connectivity index (χ4v) is 7.01. The topological polar surface area (TPSA) is 13.0 Å². The molecule has 33 heavy (non-hydrogen) atoms. The summed E-state index contributed by atoms with van der Waals surface area (Å²) in [6.45, 7) is 23.2. The molecule has 3 aliphatic rings. The van der Waals surface area contributed by atoms with Gasteiger partial charge >= 0.3 is 0 Å². The molecule has 2 aliphatic heterocycles. The van der Waals surface area contributed by atoms with E-state index in [1.165, 1.54) is 104 Å². The Kier molecular flexibility index (Phi) is 10.5. The summed E-state index contributed by atoms with van der Waals surface area (Å²) in [5.74, 6) is 0.904. The molecule has 4 nitrogen and oxygen atoms in total. The van der Waals surface area contributed by atoms with E-state index in [1.54, 1.807) is 0 Å². The summed E-state index contributed by atoms with van der Waals surface area (Å²) in [6, 6.07) is 1.43. The predicted molar refractivity (Wildman–Crippen MR) is 148 cm³/mol. The molecule has 2 atom stereocenters. The van der Waals surface area contributed by atoms with Crippen LogP contribution in [0.2, 0.25) is 0 Å². The Bertz CT molecular complexity index is 562. The van der Waals surface area contributed by atoms with E-state index in [4.69, 9.17) is 0 Å². The van der Waals surface area contributed by atoms with E-state index in [9.17, 15) is 0 Å². The summed E-state index contributed by atoms with van der Waals surface area (Å²) in [6.07, 6.45) is 11.2. The Balaban J connectivity index is 1.35. The van der Waals surface area contributed by atoms with Gasteiger partial charge in [-0.2, -0.15) is 0 Å². The molecule has 0 aromatic rings. The molecule has 2 unspecified atom stereocenters. The molecule has 0 N–H and O–H groups in total. The minimum atomic E-state index is 0.446. The lowest BCUT2D eigenvalue weighted by atomic mass is 9.89. The van der Waals surface area contributed by atoms with Crippen molar-refractivity contribution >= 4 is 9.24 Å². The zero-order chi connectivity index (χ0) is 24.1. The highest BCUT2D eigenvalue weighted by Gasteiger charge is 2.45. The van der Waals surface area contributed by atoms with Crippen LogP contribution in [-0.4, -0.2) is 103 Å². The molecule has 2 saturated heterocycles. The first kappa shape index (κ1) is 27.9. The maximum atomic E-state index is 3.31. The van der Waals surface area contributed by atoms with Crippen LogP contribution in [0.3, 0.4) is 0 Å². The van der Waals surface area contributed by atoms with E-state index in [0.717, 1.165) is 18.5 Å². The van der Waals surface area contributed by atoms with E-state index in [1.807, 2.05) is 0 Å². The van der Waals surface area contributed by atoms with Gasteiger partial charge in [-0.05, 0) is 110 Å². The number of hydrogen-bond donors (Lipinski definition) is 0. The van der Waals surface area contributed by atoms with Gasteiger partial charge in [-0.15, -0.1) is 9.24 Å². The minimum Gasteiger partial charge on any atom is -0.303 e. The van der Waals surface area contributed by atoms with Gasteiger partial charge in [0.2, 0.25) is 0 Å². The Morgan fingerprint density at radius 2 is 1.48 bits per heavy atom. The third kappa shape index (κ3) is 8.42. The molecule has 0 aromatic heterocycles. The maximum Gasteiger partial charge on any atom is 0.0117 e. The maximum absolute atomic E-state index is 3.31. The highest BCUT2D eigenvalue weighted by atomic mass is 31.0. The van der Waals surface area contributed by atoms with Crippen LogP contribution >= 0.6 is 9.24 Å². The van der Waals surface area contributed by atoms with E-state index in [2.05, 4.69) is 70.5 Å². The monoisotopic (exact) mass is 480 g/mol. The van der Waals surface area contributed by atoms with Gasteiger partial charge in [0.15, 0.2) is 0 Å². The van der Waals surface area contributed by atoms with Crippen LogP contribution in [0.15, 0.2) is 0 Å². The van der Waals surface area contributed by atoms with Gasteiger partial charge in [0.05, 0.1) is 0 Å². The Labute approximate surface area is 209 Å². The van der Waals surface area contributed by atoms with Gasteiger partial charge in [-0.1, -0.05) is 27.2 Å². The largest absolute Gasteiger partial charge is 0.303 e. The van der Waals surface area contributed by atoms with Crippen molar-refractivity contribution in [1.29, 1.82) is 0 Å². The molecule has 194 valence electrons. The van der Waals surface area contributed by atoms with E-state index < -0.39 is 0 Å². The normalized spacial score (nSPS) is 25.3. The van der Waals surface area contributed by atoms with Crippen molar-refractivity contribution < 1.29 is 0 Å². The second kappa shape index (κ2) is 12.5. The molecule has 3 rings (SSSR count). The fraction of sp³-hybridized carbons (Fsp3) is 1.00. The lowest BCUT2D eigenvalue weighted by Gasteiger charge is -2.45. The lowest BCUT2D eigenvalue weighted by Crippen LogP contribution is -2.52. The molecule has 2 heterocycles. The van der Waals surface area contributed by atoms with Crippen LogP contribution in [0.25, 0.3) is 0 Å². The van der Waals surface area contributed by atoms with E-state index >= 15 is 0 Å². The minimum absolute atomic E-state index is 0.446. The molecule has 1 aliphatic carbocycles. The summed E-state index contributed by atoms with van der Waals surface area (Å²) in [7, 11) is 5.67. The molecular formula is C28H57N4P. The molecule has 0 aromatic carbocycles. The Morgan fingerprint density at radius 1 is 0.879 bits per heavy atom. The highest BCUT2D eigenvalue weighted by molar-refractivity contribution is 7.19. The fourth-order valence-electron chi connectivity index (χ4n) is 6.49. The van der Waals surface area contributed by atoms with Crippen molar-refractivity contribution in [3.63, 3.8) is 0 Å². The van der Waals surface area contributed by atoms with Crippen LogP contribution in [0, 0.1) is 11.3 Å². The third-order valence-electron chi connectivity index (χ3n) is 9.44. The summed E-state index contributed by atoms with van der Waals surface area (Å²) in [4.78, 5) is 10.8. The first-order valence-corrected chi connectivity index (χ1v) is 14.9. The van der Waals surface area contributed by atoms with E-state index in [0.29, 0.717) is 16.6 Å². The van der Waals surface area contributed by atoms with Crippen LogP contribution < -0.4 is 0 Å². The van der Waals surface area contributed by atoms with Crippen molar-refractivity contribution in [2.24, 2.45) is 11.3 Å². The molecule has 5 heteroatoms. The van der Waals surface area contributed by atoms with Crippen molar-refractivity contribution in [1.82, 2.24) is 19.6 Å². The highest BCUT2D eigenvalue weighted by Crippen LogP contribution is 2.52. The molecule has 0 bridgehead atoms. The summed E-state index contributed by atoms with van der Waals surface area (Å²) in [5.41, 5.74) is 0.688. The quantitative estimate of drug-likeness (QED) is 0.342. The number of hydrogen-bond acceptors (Lipinski definition) is 4. The number of likely N-dealkylation sites (tertiary alicyclic amines) is 2. The summed E-state index contributed by atoms with van der Waals surface area (Å²) in [5, 5.41) is 0.446. The Morgan fingerprint density at radius 3 is 2.00 bits per heavy atom. The molecule has 0 radical (unpaired) electrons. The zero-order valence-corrected chi connectivity index (χ0v) is 24.3. The van der Waals surface area contributed by atoms with Gasteiger partial charge in [0, 0.05) is 43.4 Å². The average molecular weight is 481 g/mol. The van der Waals surface area contributed by atoms with Gasteiger partial charge < -0.3 is 14.7 Å². The molecule has 0 amide bonds. The van der Waals surface area contributed by atoms with Gasteiger partial charge in [0.25, 0.3) is 0 Å². The number of nitrogens with zero attached hydrogens (tertiary/aromatic N) is 4. The smallest absolute Gasteiger partial charge is 0.0117 e. The Hall–Kier alpha value is 0.270. The van der Waals surface area contributed by atoms with Crippen LogP contribution in [0.5, 0.6) is 0 Å². The second-order valence-electron chi connectivity index (χ2n) is 12.6. The van der Waals surface area contributed by atoms with E-state index in [-0.39, 0.29) is 0 Å². The molecule has 0 spiro atoms. The standard InChI is InChI=1S/C28H57N4P/c1-7-25(5)21-27(11-12-27)22-31-17-13-28(33,14-18-31)23-30-15-9-26(10-16-30)29(6)19-20-32(8-2)24(3)4/h24-26H,7-23,33H2,1-6H3. The third-order valence-corrected chi connectivity index (χ3v) is 10.2. The first-order chi connectivity index (χ1) is 15.7. The van der Waals surface area contributed by atoms with Crippen molar-refractivity contribution in [2.45, 2.75) is 103 Å². The number of rotatable bonds is 13. The SMILES string of the molecule is CCC(C)CC1(CN2CCC(P)(CN3CCC(N(C)CCN(CC)C(C)C)CC3)CC2)CC1. The number of likely N-dealkylation sites (N-methyl/N-ethyl adjacent to an activating group) is 2. The first-order valence-electron chi connectivity index (χ1n) is 14.4. The molecular weight excluding hydrogens is 423 g/mol. The van der Waals surface area contributed by atoms with Crippen LogP contribution in [-0.2, 0) is 0 Å². The summed E-state index contributed by atoms with van der Waals surface area (Å²) < 4.78 is 0. The van der Waals surface area contributed by atoms with Crippen molar-refractivity contribution in [3.8, 4) is 0 Å². The van der Waals surface area contributed by atoms with Crippen LogP contribution in [0.1, 0.15) is 86.0 Å². The van der Waals surface area contributed by atoms with Gasteiger partial charge in [-0.3, -0.25) is 4.90 Å². The van der Waals surface area contributed by atoms with Crippen LogP contribution in [0.4, 0.5) is 0 Å².